The van der Waals surface area contributed by atoms with Crippen molar-refractivity contribution in [2.75, 3.05) is 0 Å². The molecule has 1 N–H and O–H groups in total. The molecule has 2 aromatic rings. The minimum Gasteiger partial charge on any atom is -0.388 e. The van der Waals surface area contributed by atoms with E-state index in [1.54, 1.807) is 6.07 Å². The van der Waals surface area contributed by atoms with Gasteiger partial charge in [-0.2, -0.15) is 5.10 Å². The molecule has 1 atom stereocenters. The summed E-state index contributed by atoms with van der Waals surface area (Å²) >= 11 is 0. The van der Waals surface area contributed by atoms with E-state index in [1.165, 1.54) is 12.1 Å². The van der Waals surface area contributed by atoms with Crippen molar-refractivity contribution in [2.45, 2.75) is 46.8 Å². The fraction of sp³-hybridized carbons (Fsp3) is 0.438. The average Bonchev–Trinajstić information content (AvgIpc) is 2.67. The number of nitrogens with zero attached hydrogens (tertiary/aromatic N) is 2. The molecule has 0 bridgehead atoms. The Labute approximate surface area is 119 Å². The SMILES string of the molecule is CCC(O)c1c(C)nn(Cc2ccc(F)cc2C)c1C. The number of aromatic nitrogens is 2. The van der Waals surface area contributed by atoms with Gasteiger partial charge in [-0.1, -0.05) is 13.0 Å². The molecule has 0 spiro atoms. The van der Waals surface area contributed by atoms with E-state index in [4.69, 9.17) is 0 Å². The Bertz CT molecular complexity index is 619. The monoisotopic (exact) mass is 276 g/mol. The lowest BCUT2D eigenvalue weighted by molar-refractivity contribution is 0.172. The molecule has 0 saturated heterocycles. The van der Waals surface area contributed by atoms with E-state index >= 15 is 0 Å². The maximum Gasteiger partial charge on any atom is 0.123 e. The Hall–Kier alpha value is -1.68. The van der Waals surface area contributed by atoms with Gasteiger partial charge < -0.3 is 5.11 Å². The highest BCUT2D eigenvalue weighted by Crippen LogP contribution is 2.24. The van der Waals surface area contributed by atoms with Crippen molar-refractivity contribution in [3.05, 3.63) is 52.1 Å². The Morgan fingerprint density at radius 1 is 1.30 bits per heavy atom. The summed E-state index contributed by atoms with van der Waals surface area (Å²) in [5, 5.41) is 14.6. The second kappa shape index (κ2) is 5.75. The molecule has 4 heteroatoms. The number of aliphatic hydroxyl groups excluding tert-OH is 1. The third-order valence-electron chi connectivity index (χ3n) is 3.78. The molecule has 0 fully saturated rings. The molecule has 0 radical (unpaired) electrons. The third kappa shape index (κ3) is 2.75. The van der Waals surface area contributed by atoms with E-state index in [9.17, 15) is 9.50 Å². The number of halogens is 1. The van der Waals surface area contributed by atoms with Crippen molar-refractivity contribution in [1.82, 2.24) is 9.78 Å². The maximum atomic E-state index is 13.1. The number of benzene rings is 1. The number of hydrogen-bond donors (Lipinski definition) is 1. The lowest BCUT2D eigenvalue weighted by Gasteiger charge is -2.10. The summed E-state index contributed by atoms with van der Waals surface area (Å²) in [5.74, 6) is -0.221. The van der Waals surface area contributed by atoms with Crippen LogP contribution in [-0.2, 0) is 6.54 Å². The summed E-state index contributed by atoms with van der Waals surface area (Å²) < 4.78 is 15.0. The van der Waals surface area contributed by atoms with Gasteiger partial charge >= 0.3 is 0 Å². The number of hydrogen-bond acceptors (Lipinski definition) is 2. The van der Waals surface area contributed by atoms with Gasteiger partial charge in [0.25, 0.3) is 0 Å². The zero-order valence-electron chi connectivity index (χ0n) is 12.4. The van der Waals surface area contributed by atoms with Crippen LogP contribution in [-0.4, -0.2) is 14.9 Å². The van der Waals surface area contributed by atoms with Crippen LogP contribution in [0.3, 0.4) is 0 Å². The highest BCUT2D eigenvalue weighted by molar-refractivity contribution is 5.30. The van der Waals surface area contributed by atoms with Crippen LogP contribution in [0.15, 0.2) is 18.2 Å². The first kappa shape index (κ1) is 14.7. The lowest BCUT2D eigenvalue weighted by Crippen LogP contribution is -2.06. The van der Waals surface area contributed by atoms with Crippen molar-refractivity contribution in [2.24, 2.45) is 0 Å². The van der Waals surface area contributed by atoms with Gasteiger partial charge in [0, 0.05) is 11.3 Å². The van der Waals surface area contributed by atoms with Gasteiger partial charge in [-0.05, 0) is 50.5 Å². The van der Waals surface area contributed by atoms with Crippen LogP contribution < -0.4 is 0 Å². The summed E-state index contributed by atoms with van der Waals surface area (Å²) in [6, 6.07) is 4.79. The highest BCUT2D eigenvalue weighted by atomic mass is 19.1. The molecule has 20 heavy (non-hydrogen) atoms. The second-order valence-electron chi connectivity index (χ2n) is 5.24. The van der Waals surface area contributed by atoms with Crippen LogP contribution in [0, 0.1) is 26.6 Å². The van der Waals surface area contributed by atoms with Crippen molar-refractivity contribution < 1.29 is 9.50 Å². The molecular weight excluding hydrogens is 255 g/mol. The molecule has 0 saturated carbocycles. The van der Waals surface area contributed by atoms with E-state index in [1.807, 2.05) is 32.4 Å². The Morgan fingerprint density at radius 2 is 2.00 bits per heavy atom. The molecule has 0 aliphatic carbocycles. The summed E-state index contributed by atoms with van der Waals surface area (Å²) in [4.78, 5) is 0. The van der Waals surface area contributed by atoms with E-state index in [0.29, 0.717) is 13.0 Å². The van der Waals surface area contributed by atoms with E-state index < -0.39 is 6.10 Å². The Kier molecular flexibility index (Phi) is 4.23. The molecule has 0 amide bonds. The van der Waals surface area contributed by atoms with Crippen molar-refractivity contribution in [3.63, 3.8) is 0 Å². The number of aliphatic hydroxyl groups is 1. The molecule has 3 nitrogen and oxygen atoms in total. The normalized spacial score (nSPS) is 12.7. The van der Waals surface area contributed by atoms with Gasteiger partial charge in [0.1, 0.15) is 5.82 Å². The van der Waals surface area contributed by atoms with Crippen LogP contribution in [0.5, 0.6) is 0 Å². The smallest absolute Gasteiger partial charge is 0.123 e. The van der Waals surface area contributed by atoms with Crippen molar-refractivity contribution in [3.8, 4) is 0 Å². The highest BCUT2D eigenvalue weighted by Gasteiger charge is 2.18. The summed E-state index contributed by atoms with van der Waals surface area (Å²) in [6.45, 7) is 8.31. The van der Waals surface area contributed by atoms with Gasteiger partial charge in [0.15, 0.2) is 0 Å². The quantitative estimate of drug-likeness (QED) is 0.929. The predicted octanol–water partition coefficient (Wildman–Crippen LogP) is 3.44. The molecule has 1 aromatic carbocycles. The summed E-state index contributed by atoms with van der Waals surface area (Å²) in [6.07, 6.45) is 0.196. The summed E-state index contributed by atoms with van der Waals surface area (Å²) in [7, 11) is 0. The largest absolute Gasteiger partial charge is 0.388 e. The topological polar surface area (TPSA) is 38.1 Å². The van der Waals surface area contributed by atoms with Crippen LogP contribution in [0.25, 0.3) is 0 Å². The van der Waals surface area contributed by atoms with Gasteiger partial charge in [0.05, 0.1) is 18.3 Å². The zero-order valence-corrected chi connectivity index (χ0v) is 12.4. The predicted molar refractivity (Wildman–Crippen MR) is 77.2 cm³/mol. The third-order valence-corrected chi connectivity index (χ3v) is 3.78. The summed E-state index contributed by atoms with van der Waals surface area (Å²) in [5.41, 5.74) is 4.69. The molecule has 0 aliphatic heterocycles. The molecule has 1 unspecified atom stereocenters. The van der Waals surface area contributed by atoms with Gasteiger partial charge in [-0.3, -0.25) is 4.68 Å². The first-order chi connectivity index (χ1) is 9.43. The van der Waals surface area contributed by atoms with E-state index in [2.05, 4.69) is 5.10 Å². The van der Waals surface area contributed by atoms with Crippen LogP contribution in [0.2, 0.25) is 0 Å². The number of aryl methyl sites for hydroxylation is 2. The lowest BCUT2D eigenvalue weighted by atomic mass is 10.1. The Morgan fingerprint density at radius 3 is 2.60 bits per heavy atom. The Balaban J connectivity index is 2.35. The molecule has 1 aromatic heterocycles. The first-order valence-corrected chi connectivity index (χ1v) is 6.91. The van der Waals surface area contributed by atoms with Crippen molar-refractivity contribution in [1.29, 1.82) is 0 Å². The average molecular weight is 276 g/mol. The van der Waals surface area contributed by atoms with Crippen LogP contribution >= 0.6 is 0 Å². The molecule has 0 aliphatic rings. The molecule has 1 heterocycles. The minimum atomic E-state index is -0.474. The van der Waals surface area contributed by atoms with E-state index in [-0.39, 0.29) is 5.82 Å². The van der Waals surface area contributed by atoms with Crippen LogP contribution in [0.1, 0.15) is 47.5 Å². The molecular formula is C16H21FN2O. The minimum absolute atomic E-state index is 0.221. The van der Waals surface area contributed by atoms with Crippen molar-refractivity contribution >= 4 is 0 Å². The fourth-order valence-corrected chi connectivity index (χ4v) is 2.55. The maximum absolute atomic E-state index is 13.1. The first-order valence-electron chi connectivity index (χ1n) is 6.91. The number of rotatable bonds is 4. The molecule has 108 valence electrons. The fourth-order valence-electron chi connectivity index (χ4n) is 2.55. The zero-order chi connectivity index (χ0) is 14.9. The van der Waals surface area contributed by atoms with Gasteiger partial charge in [-0.15, -0.1) is 0 Å². The van der Waals surface area contributed by atoms with Gasteiger partial charge in [0.2, 0.25) is 0 Å². The van der Waals surface area contributed by atoms with Crippen LogP contribution in [0.4, 0.5) is 4.39 Å². The second-order valence-corrected chi connectivity index (χ2v) is 5.24. The van der Waals surface area contributed by atoms with Gasteiger partial charge in [-0.25, -0.2) is 4.39 Å². The standard InChI is InChI=1S/C16H21FN2O/c1-5-15(20)16-11(3)18-19(12(16)4)9-13-6-7-14(17)8-10(13)2/h6-8,15,20H,5,9H2,1-4H3. The molecule has 2 rings (SSSR count). The van der Waals surface area contributed by atoms with E-state index in [0.717, 1.165) is 28.1 Å².